The highest BCUT2D eigenvalue weighted by Gasteiger charge is 2.50. The standard InChI is InChI=1S/C17H29N3O.C9H17BO2.C2H6/c1-3-15(4-2)8-9-18-14-17(21)20-12-10-19(11-13-20)16-6-5-7-16;1-6-7-10-11-8(2,3)9(4,5)12-10;1-2/h3-4,16,18H,1,5-14H2,2H3;6H,1,7H2,2-5H3;1-2H3/b15-4-;;. The van der Waals surface area contributed by atoms with Crippen molar-refractivity contribution in [3.05, 3.63) is 37.0 Å². The summed E-state index contributed by atoms with van der Waals surface area (Å²) in [6.45, 7) is 26.8. The zero-order chi connectivity index (χ0) is 26.5. The molecule has 2 aliphatic heterocycles. The minimum atomic E-state index is -0.208. The Labute approximate surface area is 216 Å². The van der Waals surface area contributed by atoms with Gasteiger partial charge in [0.2, 0.25) is 5.91 Å². The second kappa shape index (κ2) is 15.7. The fraction of sp³-hybridized carbons (Fsp3) is 0.750. The predicted octanol–water partition coefficient (Wildman–Crippen LogP) is 5.09. The van der Waals surface area contributed by atoms with E-state index in [1.54, 1.807) is 0 Å². The lowest BCUT2D eigenvalue weighted by molar-refractivity contribution is -0.132. The average Bonchev–Trinajstić information content (AvgIpc) is 3.01. The van der Waals surface area contributed by atoms with Gasteiger partial charge < -0.3 is 19.5 Å². The van der Waals surface area contributed by atoms with Crippen molar-refractivity contribution in [2.45, 2.75) is 97.7 Å². The van der Waals surface area contributed by atoms with Crippen molar-refractivity contribution >= 4 is 13.0 Å². The molecule has 1 aliphatic carbocycles. The maximum Gasteiger partial charge on any atom is 0.461 e. The largest absolute Gasteiger partial charge is 0.461 e. The number of piperazine rings is 1. The van der Waals surface area contributed by atoms with Crippen LogP contribution in [0, 0.1) is 0 Å². The minimum absolute atomic E-state index is 0.118. The summed E-state index contributed by atoms with van der Waals surface area (Å²) in [5.74, 6) is 0.240. The Morgan fingerprint density at radius 1 is 1.06 bits per heavy atom. The van der Waals surface area contributed by atoms with E-state index in [-0.39, 0.29) is 24.2 Å². The number of hydrogen-bond acceptors (Lipinski definition) is 5. The first-order chi connectivity index (χ1) is 16.6. The summed E-state index contributed by atoms with van der Waals surface area (Å²) in [6.07, 6.45) is 11.5. The monoisotopic (exact) mass is 489 g/mol. The molecule has 35 heavy (non-hydrogen) atoms. The minimum Gasteiger partial charge on any atom is -0.403 e. The molecule has 0 aromatic heterocycles. The summed E-state index contributed by atoms with van der Waals surface area (Å²) in [7, 11) is -0.118. The van der Waals surface area contributed by atoms with Crippen LogP contribution in [0.4, 0.5) is 0 Å². The van der Waals surface area contributed by atoms with Crippen molar-refractivity contribution < 1.29 is 14.1 Å². The molecule has 0 aromatic carbocycles. The topological polar surface area (TPSA) is 54.0 Å². The molecular weight excluding hydrogens is 437 g/mol. The van der Waals surface area contributed by atoms with Crippen molar-refractivity contribution in [1.82, 2.24) is 15.1 Å². The molecule has 2 saturated heterocycles. The zero-order valence-corrected chi connectivity index (χ0v) is 23.7. The number of nitrogens with zero attached hydrogens (tertiary/aromatic N) is 2. The van der Waals surface area contributed by atoms with Gasteiger partial charge in [0.25, 0.3) is 0 Å². The number of amides is 1. The normalized spacial score (nSPS) is 21.7. The van der Waals surface area contributed by atoms with Gasteiger partial charge in [-0.15, -0.1) is 6.58 Å². The number of hydrogen-bond donors (Lipinski definition) is 1. The Morgan fingerprint density at radius 3 is 2.06 bits per heavy atom. The van der Waals surface area contributed by atoms with E-state index in [2.05, 4.69) is 57.1 Å². The molecule has 1 N–H and O–H groups in total. The lowest BCUT2D eigenvalue weighted by Crippen LogP contribution is -2.54. The van der Waals surface area contributed by atoms with Gasteiger partial charge in [-0.3, -0.25) is 9.69 Å². The highest BCUT2D eigenvalue weighted by Crippen LogP contribution is 2.37. The van der Waals surface area contributed by atoms with Crippen LogP contribution in [0.5, 0.6) is 0 Å². The first-order valence-electron chi connectivity index (χ1n) is 13.6. The lowest BCUT2D eigenvalue weighted by atomic mass is 9.85. The van der Waals surface area contributed by atoms with E-state index in [1.165, 1.54) is 24.8 Å². The zero-order valence-electron chi connectivity index (χ0n) is 23.7. The van der Waals surface area contributed by atoms with E-state index in [0.29, 0.717) is 6.54 Å². The number of carbonyl (C=O) groups excluding carboxylic acids is 1. The first kappa shape index (κ1) is 31.6. The van der Waals surface area contributed by atoms with E-state index in [1.807, 2.05) is 37.8 Å². The van der Waals surface area contributed by atoms with Crippen LogP contribution >= 0.6 is 0 Å². The number of nitrogens with one attached hydrogen (secondary N) is 1. The molecule has 0 bridgehead atoms. The molecule has 6 nitrogen and oxygen atoms in total. The SMILES string of the molecule is C=C/C(=C/C)CCNCC(=O)N1CCN(C2CCC2)CC1.C=CCB1OC(C)(C)C(C)(C)O1.CC. The van der Waals surface area contributed by atoms with Crippen LogP contribution in [0.3, 0.4) is 0 Å². The Kier molecular flexibility index (Phi) is 14.1. The van der Waals surface area contributed by atoms with Crippen LogP contribution in [-0.4, -0.2) is 79.3 Å². The molecule has 7 heteroatoms. The molecule has 0 radical (unpaired) electrons. The summed E-state index contributed by atoms with van der Waals surface area (Å²) in [5.41, 5.74) is 0.811. The van der Waals surface area contributed by atoms with Gasteiger partial charge in [0.1, 0.15) is 0 Å². The molecule has 0 atom stereocenters. The third kappa shape index (κ3) is 9.87. The Morgan fingerprint density at radius 2 is 1.63 bits per heavy atom. The molecular formula is C28H52BN3O3. The van der Waals surface area contributed by atoms with E-state index in [9.17, 15) is 4.79 Å². The fourth-order valence-corrected chi connectivity index (χ4v) is 4.19. The van der Waals surface area contributed by atoms with E-state index < -0.39 is 0 Å². The first-order valence-corrected chi connectivity index (χ1v) is 13.6. The van der Waals surface area contributed by atoms with Gasteiger partial charge in [-0.05, 0) is 60.4 Å². The summed E-state index contributed by atoms with van der Waals surface area (Å²) in [4.78, 5) is 16.7. The maximum absolute atomic E-state index is 12.2. The van der Waals surface area contributed by atoms with Crippen LogP contribution in [0.2, 0.25) is 6.32 Å². The third-order valence-electron chi connectivity index (χ3n) is 7.42. The second-order valence-electron chi connectivity index (χ2n) is 10.2. The average molecular weight is 490 g/mol. The predicted molar refractivity (Wildman–Crippen MR) is 150 cm³/mol. The van der Waals surface area contributed by atoms with Crippen molar-refractivity contribution in [1.29, 1.82) is 0 Å². The van der Waals surface area contributed by atoms with Crippen LogP contribution < -0.4 is 5.32 Å². The third-order valence-corrected chi connectivity index (χ3v) is 7.42. The van der Waals surface area contributed by atoms with E-state index in [0.717, 1.165) is 51.5 Å². The van der Waals surface area contributed by atoms with Gasteiger partial charge in [0.15, 0.2) is 0 Å². The van der Waals surface area contributed by atoms with Crippen LogP contribution in [0.25, 0.3) is 0 Å². The smallest absolute Gasteiger partial charge is 0.403 e. The van der Waals surface area contributed by atoms with Crippen molar-refractivity contribution in [3.63, 3.8) is 0 Å². The van der Waals surface area contributed by atoms with Crippen molar-refractivity contribution in [3.8, 4) is 0 Å². The Hall–Kier alpha value is -1.41. The van der Waals surface area contributed by atoms with Gasteiger partial charge in [0, 0.05) is 38.5 Å². The molecule has 3 fully saturated rings. The van der Waals surface area contributed by atoms with Crippen molar-refractivity contribution in [2.24, 2.45) is 0 Å². The van der Waals surface area contributed by atoms with Crippen LogP contribution in [-0.2, 0) is 14.1 Å². The lowest BCUT2D eigenvalue weighted by Gasteiger charge is -2.43. The quantitative estimate of drug-likeness (QED) is 0.212. The number of carbonyl (C=O) groups is 1. The van der Waals surface area contributed by atoms with Crippen molar-refractivity contribution in [2.75, 3.05) is 39.3 Å². The van der Waals surface area contributed by atoms with Crippen LogP contribution in [0.15, 0.2) is 37.0 Å². The molecule has 3 aliphatic rings. The highest BCUT2D eigenvalue weighted by molar-refractivity contribution is 6.46. The maximum atomic E-state index is 12.2. The Bertz CT molecular complexity index is 665. The summed E-state index contributed by atoms with van der Waals surface area (Å²) >= 11 is 0. The number of allylic oxidation sites excluding steroid dienone is 3. The Balaban J connectivity index is 0.000000372. The summed E-state index contributed by atoms with van der Waals surface area (Å²) in [6, 6.07) is 0.804. The molecule has 3 rings (SSSR count). The fourth-order valence-electron chi connectivity index (χ4n) is 4.19. The molecule has 0 aromatic rings. The van der Waals surface area contributed by atoms with E-state index in [4.69, 9.17) is 9.31 Å². The highest BCUT2D eigenvalue weighted by atomic mass is 16.7. The van der Waals surface area contributed by atoms with Gasteiger partial charge in [-0.2, -0.15) is 0 Å². The van der Waals surface area contributed by atoms with Gasteiger partial charge in [-0.1, -0.05) is 50.6 Å². The van der Waals surface area contributed by atoms with Crippen LogP contribution in [0.1, 0.15) is 74.1 Å². The summed E-state index contributed by atoms with van der Waals surface area (Å²) < 4.78 is 11.4. The van der Waals surface area contributed by atoms with Gasteiger partial charge in [-0.25, -0.2) is 0 Å². The molecule has 0 spiro atoms. The summed E-state index contributed by atoms with van der Waals surface area (Å²) in [5, 5.41) is 3.24. The van der Waals surface area contributed by atoms with Gasteiger partial charge >= 0.3 is 7.12 Å². The molecule has 0 unspecified atom stereocenters. The molecule has 1 saturated carbocycles. The molecule has 2 heterocycles. The van der Waals surface area contributed by atoms with E-state index >= 15 is 0 Å². The van der Waals surface area contributed by atoms with Gasteiger partial charge in [0.05, 0.1) is 17.7 Å². The second-order valence-corrected chi connectivity index (χ2v) is 10.2. The molecule has 1 amide bonds. The molecule has 200 valence electrons. The number of rotatable bonds is 9.